The van der Waals surface area contributed by atoms with Crippen molar-refractivity contribution in [3.05, 3.63) is 108 Å². The van der Waals surface area contributed by atoms with E-state index in [9.17, 15) is 23.4 Å². The third-order valence-electron chi connectivity index (χ3n) is 4.41. The predicted molar refractivity (Wildman–Crippen MR) is 100 cm³/mol. The molecule has 0 aromatic heterocycles. The second kappa shape index (κ2) is 7.51. The Bertz CT molecular complexity index is 935. The van der Waals surface area contributed by atoms with E-state index in [-0.39, 0.29) is 0 Å². The zero-order valence-corrected chi connectivity index (χ0v) is 14.7. The Balaban J connectivity index is 2.20. The molecule has 0 bridgehead atoms. The molecule has 0 saturated heterocycles. The molecule has 0 spiro atoms. The monoisotopic (exact) mass is 382 g/mol. The van der Waals surface area contributed by atoms with E-state index in [2.05, 4.69) is 5.92 Å². The van der Waals surface area contributed by atoms with Gasteiger partial charge in [0.1, 0.15) is 0 Å². The molecule has 0 aliphatic heterocycles. The Morgan fingerprint density at radius 3 is 1.25 bits per heavy atom. The lowest BCUT2D eigenvalue weighted by Gasteiger charge is -2.28. The molecule has 2 N–H and O–H groups in total. The highest BCUT2D eigenvalue weighted by atomic mass is 19.4. The van der Waals surface area contributed by atoms with E-state index in [4.69, 9.17) is 0 Å². The van der Waals surface area contributed by atoms with Gasteiger partial charge in [0.05, 0.1) is 0 Å². The van der Waals surface area contributed by atoms with E-state index in [1.54, 1.807) is 60.7 Å². The summed E-state index contributed by atoms with van der Waals surface area (Å²) in [4.78, 5) is 0. The summed E-state index contributed by atoms with van der Waals surface area (Å²) in [5.74, 6) is 4.23. The van der Waals surface area contributed by atoms with Crippen LogP contribution in [0.1, 0.15) is 16.7 Å². The molecule has 0 unspecified atom stereocenters. The van der Waals surface area contributed by atoms with Crippen LogP contribution in [0.15, 0.2) is 91.0 Å². The van der Waals surface area contributed by atoms with Crippen LogP contribution in [0.2, 0.25) is 0 Å². The molecule has 0 aliphatic rings. The van der Waals surface area contributed by atoms with Gasteiger partial charge in [-0.2, -0.15) is 13.2 Å². The molecule has 0 fully saturated rings. The van der Waals surface area contributed by atoms with Gasteiger partial charge >= 0.3 is 6.18 Å². The Kier molecular flexibility index (Phi) is 5.28. The van der Waals surface area contributed by atoms with Crippen molar-refractivity contribution >= 4 is 0 Å². The first kappa shape index (κ1) is 19.7. The van der Waals surface area contributed by atoms with Gasteiger partial charge in [0.25, 0.3) is 0 Å². The van der Waals surface area contributed by atoms with E-state index < -0.39 is 22.9 Å². The second-order valence-electron chi connectivity index (χ2n) is 6.27. The molecule has 0 saturated carbocycles. The molecule has 3 aromatic rings. The van der Waals surface area contributed by atoms with Crippen LogP contribution in [0.5, 0.6) is 0 Å². The van der Waals surface area contributed by atoms with Crippen LogP contribution in [0.4, 0.5) is 13.2 Å². The van der Waals surface area contributed by atoms with Crippen LogP contribution >= 0.6 is 0 Å². The third-order valence-corrected chi connectivity index (χ3v) is 4.41. The maximum absolute atomic E-state index is 13.7. The third kappa shape index (κ3) is 3.65. The maximum Gasteiger partial charge on any atom is 0.433 e. The summed E-state index contributed by atoms with van der Waals surface area (Å²) in [6.45, 7) is 0. The molecule has 5 heteroatoms. The maximum atomic E-state index is 13.7. The summed E-state index contributed by atoms with van der Waals surface area (Å²) in [6.07, 6.45) is -5.06. The second-order valence-corrected chi connectivity index (χ2v) is 6.27. The average molecular weight is 382 g/mol. The number of hydrogen-bond acceptors (Lipinski definition) is 2. The molecule has 0 heterocycles. The SMILES string of the molecule is OC(C#C[C@@](O)(c1ccccc1)C(F)(F)F)(c1ccccc1)c1ccccc1. The quantitative estimate of drug-likeness (QED) is 0.660. The molecule has 28 heavy (non-hydrogen) atoms. The van der Waals surface area contributed by atoms with Gasteiger partial charge in [-0.05, 0) is 5.92 Å². The fourth-order valence-electron chi connectivity index (χ4n) is 2.84. The summed E-state index contributed by atoms with van der Waals surface area (Å²) in [7, 11) is 0. The highest BCUT2D eigenvalue weighted by Crippen LogP contribution is 2.39. The van der Waals surface area contributed by atoms with Crippen molar-refractivity contribution in [1.82, 2.24) is 0 Å². The number of hydrogen-bond donors (Lipinski definition) is 2. The molecular weight excluding hydrogens is 365 g/mol. The van der Waals surface area contributed by atoms with E-state index in [0.29, 0.717) is 11.1 Å². The Morgan fingerprint density at radius 1 is 0.536 bits per heavy atom. The molecule has 142 valence electrons. The van der Waals surface area contributed by atoms with Gasteiger partial charge in [-0.25, -0.2) is 0 Å². The van der Waals surface area contributed by atoms with Gasteiger partial charge in [0, 0.05) is 16.7 Å². The van der Waals surface area contributed by atoms with Gasteiger partial charge in [0.15, 0.2) is 5.60 Å². The van der Waals surface area contributed by atoms with Crippen LogP contribution in [-0.4, -0.2) is 16.4 Å². The van der Waals surface area contributed by atoms with Crippen LogP contribution in [-0.2, 0) is 11.2 Å². The minimum atomic E-state index is -5.06. The van der Waals surface area contributed by atoms with Gasteiger partial charge in [-0.1, -0.05) is 96.9 Å². The highest BCUT2D eigenvalue weighted by molar-refractivity contribution is 5.46. The smallest absolute Gasteiger partial charge is 0.369 e. The first-order chi connectivity index (χ1) is 13.3. The van der Waals surface area contributed by atoms with Crippen molar-refractivity contribution in [3.63, 3.8) is 0 Å². The molecule has 0 amide bonds. The van der Waals surface area contributed by atoms with Gasteiger partial charge in [0.2, 0.25) is 5.60 Å². The summed E-state index contributed by atoms with van der Waals surface area (Å²) < 4.78 is 41.2. The molecule has 2 nitrogen and oxygen atoms in total. The topological polar surface area (TPSA) is 40.5 Å². The van der Waals surface area contributed by atoms with E-state index >= 15 is 0 Å². The number of halogens is 3. The summed E-state index contributed by atoms with van der Waals surface area (Å²) in [5.41, 5.74) is -5.28. The van der Waals surface area contributed by atoms with Gasteiger partial charge < -0.3 is 10.2 Å². The summed E-state index contributed by atoms with van der Waals surface area (Å²) >= 11 is 0. The van der Waals surface area contributed by atoms with Gasteiger partial charge in [-0.15, -0.1) is 0 Å². The molecular formula is C23H17F3O2. The molecule has 1 atom stereocenters. The number of rotatable bonds is 3. The normalized spacial score (nSPS) is 13.9. The lowest BCUT2D eigenvalue weighted by molar-refractivity contribution is -0.240. The van der Waals surface area contributed by atoms with E-state index in [0.717, 1.165) is 12.1 Å². The minimum Gasteiger partial charge on any atom is -0.369 e. The Hall–Kier alpha value is -3.07. The highest BCUT2D eigenvalue weighted by Gasteiger charge is 2.54. The summed E-state index contributed by atoms with van der Waals surface area (Å²) in [5, 5.41) is 21.7. The van der Waals surface area contributed by atoms with E-state index in [1.807, 2.05) is 5.92 Å². The van der Waals surface area contributed by atoms with E-state index in [1.165, 1.54) is 18.2 Å². The molecule has 3 aromatic carbocycles. The fraction of sp³-hybridized carbons (Fsp3) is 0.130. The lowest BCUT2D eigenvalue weighted by Crippen LogP contribution is -2.41. The number of benzene rings is 3. The summed E-state index contributed by atoms with van der Waals surface area (Å²) in [6, 6.07) is 22.9. The van der Waals surface area contributed by atoms with Crippen LogP contribution in [0.25, 0.3) is 0 Å². The van der Waals surface area contributed by atoms with Crippen LogP contribution < -0.4 is 0 Å². The Labute approximate surface area is 160 Å². The van der Waals surface area contributed by atoms with Crippen molar-refractivity contribution in [2.24, 2.45) is 0 Å². The van der Waals surface area contributed by atoms with Crippen molar-refractivity contribution in [1.29, 1.82) is 0 Å². The van der Waals surface area contributed by atoms with Gasteiger partial charge in [-0.3, -0.25) is 0 Å². The molecule has 0 radical (unpaired) electrons. The standard InChI is InChI=1S/C23H17F3O2/c24-23(25,26)22(28,20-14-8-3-9-15-20)17-16-21(27,18-10-4-1-5-11-18)19-12-6-2-7-13-19/h1-15,27-28H/t22-/m1/s1. The predicted octanol–water partition coefficient (Wildman–Crippen LogP) is 4.38. The minimum absolute atomic E-state index is 0.297. The first-order valence-electron chi connectivity index (χ1n) is 8.50. The van der Waals surface area contributed by atoms with Crippen LogP contribution in [0.3, 0.4) is 0 Å². The van der Waals surface area contributed by atoms with Crippen LogP contribution in [0, 0.1) is 11.8 Å². The van der Waals surface area contributed by atoms with Crippen molar-refractivity contribution in [3.8, 4) is 11.8 Å². The number of alkyl halides is 3. The van der Waals surface area contributed by atoms with Crippen molar-refractivity contribution in [2.75, 3.05) is 0 Å². The fourth-order valence-corrected chi connectivity index (χ4v) is 2.84. The first-order valence-corrected chi connectivity index (χ1v) is 8.50. The zero-order chi connectivity index (χ0) is 20.3. The average Bonchev–Trinajstić information content (AvgIpc) is 2.73. The molecule has 3 rings (SSSR count). The molecule has 0 aliphatic carbocycles. The zero-order valence-electron chi connectivity index (χ0n) is 14.7. The number of aliphatic hydroxyl groups is 2. The Morgan fingerprint density at radius 2 is 0.893 bits per heavy atom. The van der Waals surface area contributed by atoms with Crippen molar-refractivity contribution < 1.29 is 23.4 Å². The largest absolute Gasteiger partial charge is 0.433 e. The lowest BCUT2D eigenvalue weighted by atomic mass is 9.85. The van der Waals surface area contributed by atoms with Crippen molar-refractivity contribution in [2.45, 2.75) is 17.4 Å².